The molecule has 0 spiro atoms. The van der Waals surface area contributed by atoms with E-state index in [4.69, 9.17) is 4.74 Å². The SMILES string of the molecule is O=[N+]([O-])c1ccc(COc2ccc3ccccc3c2Br)cc1. The van der Waals surface area contributed by atoms with Crippen molar-refractivity contribution in [3.05, 3.63) is 80.8 Å². The van der Waals surface area contributed by atoms with Crippen molar-refractivity contribution in [2.45, 2.75) is 6.61 Å². The Labute approximate surface area is 135 Å². The predicted octanol–water partition coefficient (Wildman–Crippen LogP) is 5.09. The van der Waals surface area contributed by atoms with E-state index in [0.29, 0.717) is 6.61 Å². The molecule has 0 atom stereocenters. The first-order chi connectivity index (χ1) is 10.6. The fourth-order valence-corrected chi connectivity index (χ4v) is 2.81. The molecular weight excluding hydrogens is 346 g/mol. The zero-order valence-electron chi connectivity index (χ0n) is 11.5. The summed E-state index contributed by atoms with van der Waals surface area (Å²) in [5.41, 5.74) is 0.960. The summed E-state index contributed by atoms with van der Waals surface area (Å²) < 4.78 is 6.72. The van der Waals surface area contributed by atoms with Crippen LogP contribution in [0.2, 0.25) is 0 Å². The number of hydrogen-bond donors (Lipinski definition) is 0. The number of benzene rings is 3. The summed E-state index contributed by atoms with van der Waals surface area (Å²) in [6.45, 7) is 0.356. The van der Waals surface area contributed by atoms with Gasteiger partial charge < -0.3 is 4.74 Å². The summed E-state index contributed by atoms with van der Waals surface area (Å²) in [6, 6.07) is 18.3. The standard InChI is InChI=1S/C17H12BrNO3/c18-17-15-4-2-1-3-13(15)7-10-16(17)22-11-12-5-8-14(9-6-12)19(20)21/h1-10H,11H2. The molecule has 0 fully saturated rings. The zero-order chi connectivity index (χ0) is 15.5. The molecule has 3 aromatic rings. The number of fused-ring (bicyclic) bond motifs is 1. The number of halogens is 1. The average Bonchev–Trinajstić information content (AvgIpc) is 2.55. The minimum Gasteiger partial charge on any atom is -0.488 e. The van der Waals surface area contributed by atoms with Crippen molar-refractivity contribution >= 4 is 32.4 Å². The third-order valence-electron chi connectivity index (χ3n) is 3.37. The van der Waals surface area contributed by atoms with Crippen molar-refractivity contribution in [1.82, 2.24) is 0 Å². The summed E-state index contributed by atoms with van der Waals surface area (Å²) >= 11 is 3.57. The van der Waals surface area contributed by atoms with Gasteiger partial charge >= 0.3 is 0 Å². The normalized spacial score (nSPS) is 10.6. The Morgan fingerprint density at radius 1 is 1.00 bits per heavy atom. The van der Waals surface area contributed by atoms with Crippen LogP contribution in [0.15, 0.2) is 65.1 Å². The maximum absolute atomic E-state index is 10.6. The van der Waals surface area contributed by atoms with Gasteiger partial charge in [-0.1, -0.05) is 30.3 Å². The molecule has 4 nitrogen and oxygen atoms in total. The molecule has 0 bridgehead atoms. The largest absolute Gasteiger partial charge is 0.488 e. The number of hydrogen-bond acceptors (Lipinski definition) is 3. The van der Waals surface area contributed by atoms with Gasteiger partial charge in [0.2, 0.25) is 0 Å². The van der Waals surface area contributed by atoms with E-state index in [2.05, 4.69) is 15.9 Å². The van der Waals surface area contributed by atoms with Gasteiger partial charge in [-0.05, 0) is 50.5 Å². The number of rotatable bonds is 4. The van der Waals surface area contributed by atoms with Crippen LogP contribution in [0.25, 0.3) is 10.8 Å². The summed E-state index contributed by atoms with van der Waals surface area (Å²) in [6.07, 6.45) is 0. The summed E-state index contributed by atoms with van der Waals surface area (Å²) in [5, 5.41) is 12.9. The maximum Gasteiger partial charge on any atom is 0.269 e. The van der Waals surface area contributed by atoms with E-state index >= 15 is 0 Å². The first-order valence-corrected chi connectivity index (χ1v) is 7.48. The molecule has 0 aliphatic carbocycles. The van der Waals surface area contributed by atoms with Crippen molar-refractivity contribution in [3.8, 4) is 5.75 Å². The number of nitrogens with zero attached hydrogens (tertiary/aromatic N) is 1. The lowest BCUT2D eigenvalue weighted by Crippen LogP contribution is -1.97. The lowest BCUT2D eigenvalue weighted by Gasteiger charge is -2.10. The minimum atomic E-state index is -0.412. The summed E-state index contributed by atoms with van der Waals surface area (Å²) in [5.74, 6) is 0.747. The summed E-state index contributed by atoms with van der Waals surface area (Å²) in [7, 11) is 0. The number of non-ortho nitro benzene ring substituents is 1. The monoisotopic (exact) mass is 357 g/mol. The van der Waals surface area contributed by atoms with Crippen molar-refractivity contribution in [2.24, 2.45) is 0 Å². The highest BCUT2D eigenvalue weighted by Gasteiger charge is 2.07. The maximum atomic E-state index is 10.6. The highest BCUT2D eigenvalue weighted by molar-refractivity contribution is 9.10. The van der Waals surface area contributed by atoms with Gasteiger partial charge in [0.15, 0.2) is 0 Å². The van der Waals surface area contributed by atoms with Crippen LogP contribution in [0.5, 0.6) is 5.75 Å². The Morgan fingerprint density at radius 3 is 2.45 bits per heavy atom. The topological polar surface area (TPSA) is 52.4 Å². The second kappa shape index (κ2) is 6.15. The van der Waals surface area contributed by atoms with Crippen LogP contribution in [0.4, 0.5) is 5.69 Å². The third-order valence-corrected chi connectivity index (χ3v) is 4.19. The average molecular weight is 358 g/mol. The van der Waals surface area contributed by atoms with Crippen LogP contribution < -0.4 is 4.74 Å². The molecule has 0 amide bonds. The van der Waals surface area contributed by atoms with E-state index in [-0.39, 0.29) is 5.69 Å². The molecule has 22 heavy (non-hydrogen) atoms. The third kappa shape index (κ3) is 2.94. The quantitative estimate of drug-likeness (QED) is 0.482. The highest BCUT2D eigenvalue weighted by atomic mass is 79.9. The van der Waals surface area contributed by atoms with Gasteiger partial charge in [-0.25, -0.2) is 0 Å². The Balaban J connectivity index is 1.79. The molecule has 0 N–H and O–H groups in total. The molecule has 0 aliphatic rings. The minimum absolute atomic E-state index is 0.0793. The fraction of sp³-hybridized carbons (Fsp3) is 0.0588. The number of nitro benzene ring substituents is 1. The molecule has 0 radical (unpaired) electrons. The van der Waals surface area contributed by atoms with E-state index in [1.54, 1.807) is 12.1 Å². The molecule has 0 saturated heterocycles. The van der Waals surface area contributed by atoms with Crippen LogP contribution in [-0.2, 0) is 6.61 Å². The Hall–Kier alpha value is -2.40. The molecule has 0 aliphatic heterocycles. The van der Waals surface area contributed by atoms with E-state index in [1.807, 2.05) is 36.4 Å². The van der Waals surface area contributed by atoms with Crippen LogP contribution in [-0.4, -0.2) is 4.92 Å². The van der Waals surface area contributed by atoms with Crippen LogP contribution in [0.1, 0.15) is 5.56 Å². The van der Waals surface area contributed by atoms with Gasteiger partial charge in [0, 0.05) is 12.1 Å². The van der Waals surface area contributed by atoms with Gasteiger partial charge in [-0.2, -0.15) is 0 Å². The smallest absolute Gasteiger partial charge is 0.269 e. The van der Waals surface area contributed by atoms with Crippen molar-refractivity contribution in [1.29, 1.82) is 0 Å². The van der Waals surface area contributed by atoms with E-state index in [0.717, 1.165) is 26.6 Å². The first-order valence-electron chi connectivity index (χ1n) is 6.68. The number of ether oxygens (including phenoxy) is 1. The van der Waals surface area contributed by atoms with Crippen molar-refractivity contribution < 1.29 is 9.66 Å². The lowest BCUT2D eigenvalue weighted by molar-refractivity contribution is -0.384. The Kier molecular flexibility index (Phi) is 4.06. The predicted molar refractivity (Wildman–Crippen MR) is 89.1 cm³/mol. The van der Waals surface area contributed by atoms with E-state index in [1.165, 1.54) is 12.1 Å². The molecule has 3 aromatic carbocycles. The Morgan fingerprint density at radius 2 is 1.73 bits per heavy atom. The second-order valence-electron chi connectivity index (χ2n) is 4.81. The second-order valence-corrected chi connectivity index (χ2v) is 5.60. The molecule has 5 heteroatoms. The lowest BCUT2D eigenvalue weighted by atomic mass is 10.1. The number of nitro groups is 1. The molecule has 0 heterocycles. The van der Waals surface area contributed by atoms with Gasteiger partial charge in [-0.15, -0.1) is 0 Å². The fourth-order valence-electron chi connectivity index (χ4n) is 2.20. The van der Waals surface area contributed by atoms with Crippen LogP contribution in [0, 0.1) is 10.1 Å². The van der Waals surface area contributed by atoms with Crippen molar-refractivity contribution in [3.63, 3.8) is 0 Å². The van der Waals surface area contributed by atoms with Gasteiger partial charge in [0.1, 0.15) is 12.4 Å². The van der Waals surface area contributed by atoms with Gasteiger partial charge in [-0.3, -0.25) is 10.1 Å². The first kappa shape index (κ1) is 14.5. The van der Waals surface area contributed by atoms with Crippen LogP contribution in [0.3, 0.4) is 0 Å². The molecule has 110 valence electrons. The van der Waals surface area contributed by atoms with Gasteiger partial charge in [0.05, 0.1) is 9.40 Å². The Bertz CT molecular complexity index is 831. The van der Waals surface area contributed by atoms with E-state index < -0.39 is 4.92 Å². The highest BCUT2D eigenvalue weighted by Crippen LogP contribution is 2.33. The van der Waals surface area contributed by atoms with Gasteiger partial charge in [0.25, 0.3) is 5.69 Å². The van der Waals surface area contributed by atoms with Crippen molar-refractivity contribution in [2.75, 3.05) is 0 Å². The molecule has 0 saturated carbocycles. The summed E-state index contributed by atoms with van der Waals surface area (Å²) in [4.78, 5) is 10.2. The van der Waals surface area contributed by atoms with Crippen LogP contribution >= 0.6 is 15.9 Å². The van der Waals surface area contributed by atoms with E-state index in [9.17, 15) is 10.1 Å². The molecule has 0 aromatic heterocycles. The molecular formula is C17H12BrNO3. The molecule has 3 rings (SSSR count). The molecule has 0 unspecified atom stereocenters. The zero-order valence-corrected chi connectivity index (χ0v) is 13.1.